The lowest BCUT2D eigenvalue weighted by Crippen LogP contribution is -2.38. The van der Waals surface area contributed by atoms with Crippen LogP contribution in [-0.4, -0.2) is 70.9 Å². The number of amides is 1. The molecular weight excluding hydrogens is 489 g/mol. The normalized spacial score (nSPS) is 14.3. The van der Waals surface area contributed by atoms with Gasteiger partial charge in [-0.05, 0) is 42.5 Å². The van der Waals surface area contributed by atoms with E-state index in [4.69, 9.17) is 44.3 Å². The number of carbonyl (C=O) groups excluding carboxylic acids is 1. The fraction of sp³-hybridized carbons (Fsp3) is 0.318. The lowest BCUT2D eigenvalue weighted by molar-refractivity contribution is -0.113. The average molecular weight is 511 g/mol. The molecule has 1 N–H and O–H groups in total. The van der Waals surface area contributed by atoms with E-state index in [0.29, 0.717) is 28.2 Å². The molecule has 1 amide bonds. The number of aromatic nitrogens is 3. The second-order valence-corrected chi connectivity index (χ2v) is 8.37. The molecule has 0 unspecified atom stereocenters. The van der Waals surface area contributed by atoms with Crippen molar-refractivity contribution < 1.29 is 14.3 Å². The van der Waals surface area contributed by atoms with Crippen molar-refractivity contribution in [3.05, 3.63) is 52.5 Å². The molecule has 2 heterocycles. The summed E-state index contributed by atoms with van der Waals surface area (Å²) < 4.78 is 12.9. The maximum atomic E-state index is 11.5. The fourth-order valence-electron chi connectivity index (χ4n) is 3.33. The third-order valence-electron chi connectivity index (χ3n) is 5.02. The summed E-state index contributed by atoms with van der Waals surface area (Å²) >= 11 is 17.9. The number of anilines is 1. The summed E-state index contributed by atoms with van der Waals surface area (Å²) in [5.41, 5.74) is 2.09. The number of carbonyl (C=O) groups is 1. The van der Waals surface area contributed by atoms with Crippen LogP contribution in [0, 0.1) is 0 Å². The molecule has 0 saturated carbocycles. The first kappa shape index (κ1) is 23.8. The standard InChI is InChI=1S/C22H22Cl3N5O3/c23-14-20(31)26-16-2-4-17(5-3-16)30-21(15-1-6-18(24)19(25)13-15)27-22(28-30)33-12-9-29-7-10-32-11-8-29/h1-6,13H,7-12,14H2,(H,26,31). The van der Waals surface area contributed by atoms with Crippen molar-refractivity contribution in [2.75, 3.05) is 50.7 Å². The number of benzene rings is 2. The number of hydrogen-bond donors (Lipinski definition) is 1. The molecule has 174 valence electrons. The number of ether oxygens (including phenoxy) is 2. The van der Waals surface area contributed by atoms with Crippen LogP contribution in [-0.2, 0) is 9.53 Å². The minimum atomic E-state index is -0.280. The Bertz CT molecular complexity index is 1100. The largest absolute Gasteiger partial charge is 0.461 e. The van der Waals surface area contributed by atoms with Crippen molar-refractivity contribution in [3.8, 4) is 23.1 Å². The lowest BCUT2D eigenvalue weighted by atomic mass is 10.2. The number of nitrogens with one attached hydrogen (secondary N) is 1. The van der Waals surface area contributed by atoms with Gasteiger partial charge in [0.05, 0.1) is 28.9 Å². The molecule has 8 nitrogen and oxygen atoms in total. The number of halogens is 3. The van der Waals surface area contributed by atoms with E-state index in [1.807, 2.05) is 18.2 Å². The topological polar surface area (TPSA) is 81.5 Å². The van der Waals surface area contributed by atoms with E-state index in [0.717, 1.165) is 44.1 Å². The van der Waals surface area contributed by atoms with Gasteiger partial charge in [-0.1, -0.05) is 23.2 Å². The van der Waals surface area contributed by atoms with Gasteiger partial charge >= 0.3 is 6.01 Å². The van der Waals surface area contributed by atoms with Crippen LogP contribution in [0.4, 0.5) is 5.69 Å². The van der Waals surface area contributed by atoms with Crippen molar-refractivity contribution in [3.63, 3.8) is 0 Å². The summed E-state index contributed by atoms with van der Waals surface area (Å²) in [6.07, 6.45) is 0. The summed E-state index contributed by atoms with van der Waals surface area (Å²) in [5, 5.41) is 8.13. The highest BCUT2D eigenvalue weighted by Crippen LogP contribution is 2.30. The van der Waals surface area contributed by atoms with Gasteiger partial charge in [-0.25, -0.2) is 4.68 Å². The van der Waals surface area contributed by atoms with Crippen molar-refractivity contribution in [2.45, 2.75) is 0 Å². The van der Waals surface area contributed by atoms with Crippen LogP contribution in [0.3, 0.4) is 0 Å². The Morgan fingerprint density at radius 2 is 1.85 bits per heavy atom. The molecule has 3 aromatic rings. The van der Waals surface area contributed by atoms with Gasteiger partial charge in [0.1, 0.15) is 12.5 Å². The zero-order valence-electron chi connectivity index (χ0n) is 17.6. The molecule has 0 aliphatic carbocycles. The summed E-state index contributed by atoms with van der Waals surface area (Å²) in [6, 6.07) is 12.7. The maximum absolute atomic E-state index is 11.5. The van der Waals surface area contributed by atoms with E-state index in [9.17, 15) is 4.79 Å². The lowest BCUT2D eigenvalue weighted by Gasteiger charge is -2.25. The van der Waals surface area contributed by atoms with Gasteiger partial charge in [0.25, 0.3) is 0 Å². The van der Waals surface area contributed by atoms with Gasteiger partial charge < -0.3 is 14.8 Å². The second-order valence-electron chi connectivity index (χ2n) is 7.29. The molecule has 1 aromatic heterocycles. The maximum Gasteiger partial charge on any atom is 0.336 e. The van der Waals surface area contributed by atoms with Crippen molar-refractivity contribution in [2.24, 2.45) is 0 Å². The predicted octanol–water partition coefficient (Wildman–Crippen LogP) is 4.13. The van der Waals surface area contributed by atoms with E-state index < -0.39 is 0 Å². The van der Waals surface area contributed by atoms with Crippen LogP contribution in [0.25, 0.3) is 17.1 Å². The van der Waals surface area contributed by atoms with E-state index >= 15 is 0 Å². The molecule has 4 rings (SSSR count). The van der Waals surface area contributed by atoms with E-state index in [1.165, 1.54) is 0 Å². The Morgan fingerprint density at radius 3 is 2.55 bits per heavy atom. The summed E-state index contributed by atoms with van der Waals surface area (Å²) in [5.74, 6) is 0.155. The Morgan fingerprint density at radius 1 is 1.09 bits per heavy atom. The second kappa shape index (κ2) is 11.2. The molecule has 0 bridgehead atoms. The highest BCUT2D eigenvalue weighted by Gasteiger charge is 2.17. The first-order chi connectivity index (χ1) is 16.0. The van der Waals surface area contributed by atoms with Crippen LogP contribution in [0.5, 0.6) is 6.01 Å². The molecule has 1 saturated heterocycles. The Balaban J connectivity index is 1.58. The van der Waals surface area contributed by atoms with Gasteiger partial charge in [-0.15, -0.1) is 16.7 Å². The molecule has 0 atom stereocenters. The first-order valence-electron chi connectivity index (χ1n) is 10.3. The fourth-order valence-corrected chi connectivity index (χ4v) is 3.69. The number of morpholine rings is 1. The molecule has 1 fully saturated rings. The van der Waals surface area contributed by atoms with Crippen LogP contribution in [0.15, 0.2) is 42.5 Å². The van der Waals surface area contributed by atoms with Crippen LogP contribution >= 0.6 is 34.8 Å². The molecule has 2 aromatic carbocycles. The quantitative estimate of drug-likeness (QED) is 0.459. The number of rotatable bonds is 8. The molecular formula is C22H22Cl3N5O3. The third-order valence-corrected chi connectivity index (χ3v) is 6.01. The van der Waals surface area contributed by atoms with E-state index in [1.54, 1.807) is 28.9 Å². The molecule has 1 aliphatic rings. The van der Waals surface area contributed by atoms with Gasteiger partial charge in [-0.3, -0.25) is 9.69 Å². The van der Waals surface area contributed by atoms with Crippen molar-refractivity contribution in [1.29, 1.82) is 0 Å². The number of nitrogens with zero attached hydrogens (tertiary/aromatic N) is 4. The molecule has 33 heavy (non-hydrogen) atoms. The van der Waals surface area contributed by atoms with Crippen LogP contribution in [0.2, 0.25) is 10.0 Å². The smallest absolute Gasteiger partial charge is 0.336 e. The van der Waals surface area contributed by atoms with Crippen LogP contribution in [0.1, 0.15) is 0 Å². The monoisotopic (exact) mass is 509 g/mol. The summed E-state index contributed by atoms with van der Waals surface area (Å²) in [7, 11) is 0. The van der Waals surface area contributed by atoms with Crippen LogP contribution < -0.4 is 10.1 Å². The van der Waals surface area contributed by atoms with Gasteiger partial charge in [0.15, 0.2) is 5.82 Å². The molecule has 0 spiro atoms. The minimum absolute atomic E-state index is 0.114. The Hall–Kier alpha value is -2.36. The summed E-state index contributed by atoms with van der Waals surface area (Å²) in [6.45, 7) is 4.44. The van der Waals surface area contributed by atoms with Gasteiger partial charge in [0.2, 0.25) is 5.91 Å². The zero-order valence-corrected chi connectivity index (χ0v) is 19.9. The molecule has 1 aliphatic heterocycles. The summed E-state index contributed by atoms with van der Waals surface area (Å²) in [4.78, 5) is 18.4. The zero-order chi connectivity index (χ0) is 23.2. The van der Waals surface area contributed by atoms with Crippen molar-refractivity contribution >= 4 is 46.4 Å². The number of hydrogen-bond acceptors (Lipinski definition) is 6. The van der Waals surface area contributed by atoms with E-state index in [-0.39, 0.29) is 17.8 Å². The first-order valence-corrected chi connectivity index (χ1v) is 11.6. The molecule has 11 heteroatoms. The van der Waals surface area contributed by atoms with Gasteiger partial charge in [0, 0.05) is 30.9 Å². The highest BCUT2D eigenvalue weighted by atomic mass is 35.5. The SMILES string of the molecule is O=C(CCl)Nc1ccc(-n2nc(OCCN3CCOCC3)nc2-c2ccc(Cl)c(Cl)c2)cc1. The highest BCUT2D eigenvalue weighted by molar-refractivity contribution is 6.42. The van der Waals surface area contributed by atoms with E-state index in [2.05, 4.69) is 20.3 Å². The average Bonchev–Trinajstić information content (AvgIpc) is 3.26. The Labute approximate surface area is 206 Å². The Kier molecular flexibility index (Phi) is 8.06. The van der Waals surface area contributed by atoms with Crippen molar-refractivity contribution in [1.82, 2.24) is 19.7 Å². The third kappa shape index (κ3) is 6.16. The molecule has 0 radical (unpaired) electrons. The minimum Gasteiger partial charge on any atom is -0.461 e. The number of alkyl halides is 1. The van der Waals surface area contributed by atoms with Gasteiger partial charge in [-0.2, -0.15) is 4.98 Å². The predicted molar refractivity (Wildman–Crippen MR) is 129 cm³/mol.